The second-order valence-corrected chi connectivity index (χ2v) is 8.30. The summed E-state index contributed by atoms with van der Waals surface area (Å²) < 4.78 is 11.8. The average molecular weight is 423 g/mol. The summed E-state index contributed by atoms with van der Waals surface area (Å²) in [6, 6.07) is 12.9. The number of aryl methyl sites for hydroxylation is 1. The molecule has 2 aromatic carbocycles. The van der Waals surface area contributed by atoms with Crippen molar-refractivity contribution in [2.75, 3.05) is 12.3 Å². The Labute approximate surface area is 184 Å². The fourth-order valence-corrected chi connectivity index (χ4v) is 3.68. The van der Waals surface area contributed by atoms with E-state index in [-0.39, 0.29) is 11.8 Å². The molecule has 0 saturated carbocycles. The Morgan fingerprint density at radius 1 is 1.13 bits per heavy atom. The highest BCUT2D eigenvalue weighted by Gasteiger charge is 2.22. The SMILES string of the molecule is CCCCc1oc2ccc(N)cc2c1C(=O)c1ccc(OCCC(N)C(C)CC)cc1. The normalized spacial score (nSPS) is 13.3. The van der Waals surface area contributed by atoms with Crippen LogP contribution in [-0.4, -0.2) is 18.4 Å². The Hall–Kier alpha value is -2.79. The number of nitrogens with two attached hydrogens (primary N) is 2. The molecule has 0 aliphatic heterocycles. The van der Waals surface area contributed by atoms with E-state index in [1.165, 1.54) is 0 Å². The predicted octanol–water partition coefficient (Wildman–Crippen LogP) is 5.73. The highest BCUT2D eigenvalue weighted by atomic mass is 16.5. The zero-order valence-electron chi connectivity index (χ0n) is 18.8. The molecule has 0 spiro atoms. The summed E-state index contributed by atoms with van der Waals surface area (Å²) in [7, 11) is 0. The van der Waals surface area contributed by atoms with Crippen molar-refractivity contribution >= 4 is 22.4 Å². The Balaban J connectivity index is 1.77. The van der Waals surface area contributed by atoms with Crippen LogP contribution in [0.25, 0.3) is 11.0 Å². The number of anilines is 1. The van der Waals surface area contributed by atoms with Crippen molar-refractivity contribution in [2.45, 2.75) is 58.9 Å². The lowest BCUT2D eigenvalue weighted by molar-refractivity contribution is 0.103. The minimum atomic E-state index is -0.0548. The van der Waals surface area contributed by atoms with Crippen LogP contribution < -0.4 is 16.2 Å². The molecular weight excluding hydrogens is 388 g/mol. The average Bonchev–Trinajstić information content (AvgIpc) is 3.14. The van der Waals surface area contributed by atoms with Crippen LogP contribution in [0.15, 0.2) is 46.9 Å². The van der Waals surface area contributed by atoms with Crippen LogP contribution in [0.1, 0.15) is 68.1 Å². The van der Waals surface area contributed by atoms with Gasteiger partial charge < -0.3 is 20.6 Å². The molecule has 5 heteroatoms. The molecule has 0 aliphatic carbocycles. The van der Waals surface area contributed by atoms with Crippen molar-refractivity contribution in [3.63, 3.8) is 0 Å². The summed E-state index contributed by atoms with van der Waals surface area (Å²) in [5, 5.41) is 0.774. The molecule has 0 aliphatic rings. The number of nitrogen functional groups attached to an aromatic ring is 1. The van der Waals surface area contributed by atoms with Gasteiger partial charge in [0, 0.05) is 29.1 Å². The van der Waals surface area contributed by atoms with Crippen LogP contribution >= 0.6 is 0 Å². The van der Waals surface area contributed by atoms with Gasteiger partial charge in [-0.15, -0.1) is 0 Å². The van der Waals surface area contributed by atoms with Gasteiger partial charge in [0.2, 0.25) is 0 Å². The van der Waals surface area contributed by atoms with E-state index in [9.17, 15) is 4.79 Å². The molecule has 0 saturated heterocycles. The van der Waals surface area contributed by atoms with Crippen molar-refractivity contribution in [1.82, 2.24) is 0 Å². The summed E-state index contributed by atoms with van der Waals surface area (Å²) in [5.74, 6) is 1.89. The Kier molecular flexibility index (Phi) is 7.75. The van der Waals surface area contributed by atoms with E-state index in [0.29, 0.717) is 34.9 Å². The van der Waals surface area contributed by atoms with Crippen molar-refractivity contribution in [3.8, 4) is 5.75 Å². The third kappa shape index (κ3) is 5.47. The number of fused-ring (bicyclic) bond motifs is 1. The zero-order valence-corrected chi connectivity index (χ0v) is 18.8. The number of carbonyl (C=O) groups excluding carboxylic acids is 1. The molecule has 5 nitrogen and oxygen atoms in total. The number of rotatable bonds is 11. The fourth-order valence-electron chi connectivity index (χ4n) is 3.68. The second kappa shape index (κ2) is 10.5. The highest BCUT2D eigenvalue weighted by Crippen LogP contribution is 2.31. The molecule has 0 radical (unpaired) electrons. The first-order valence-electron chi connectivity index (χ1n) is 11.3. The molecule has 0 bridgehead atoms. The number of benzene rings is 2. The molecule has 1 aromatic heterocycles. The topological polar surface area (TPSA) is 91.5 Å². The van der Waals surface area contributed by atoms with E-state index in [1.54, 1.807) is 18.2 Å². The van der Waals surface area contributed by atoms with E-state index < -0.39 is 0 Å². The standard InChI is InChI=1S/C26H34N2O3/c1-4-6-7-24-25(21-16-19(27)10-13-23(21)31-24)26(29)18-8-11-20(12-9-18)30-15-14-22(28)17(3)5-2/h8-13,16-17,22H,4-7,14-15,27-28H2,1-3H3. The van der Waals surface area contributed by atoms with Gasteiger partial charge >= 0.3 is 0 Å². The largest absolute Gasteiger partial charge is 0.494 e. The van der Waals surface area contributed by atoms with Crippen LogP contribution in [0, 0.1) is 5.92 Å². The molecule has 2 atom stereocenters. The van der Waals surface area contributed by atoms with Crippen molar-refractivity contribution in [2.24, 2.45) is 11.7 Å². The molecule has 3 rings (SSSR count). The first-order chi connectivity index (χ1) is 14.9. The van der Waals surface area contributed by atoms with Gasteiger partial charge in [-0.3, -0.25) is 4.79 Å². The van der Waals surface area contributed by atoms with Crippen molar-refractivity contribution in [1.29, 1.82) is 0 Å². The van der Waals surface area contributed by atoms with E-state index >= 15 is 0 Å². The van der Waals surface area contributed by atoms with Crippen LogP contribution in [-0.2, 0) is 6.42 Å². The third-order valence-corrected chi connectivity index (χ3v) is 5.98. The monoisotopic (exact) mass is 422 g/mol. The summed E-state index contributed by atoms with van der Waals surface area (Å²) in [6.45, 7) is 6.99. The van der Waals surface area contributed by atoms with Crippen molar-refractivity contribution in [3.05, 3.63) is 59.4 Å². The number of hydrogen-bond acceptors (Lipinski definition) is 5. The molecule has 3 aromatic rings. The van der Waals surface area contributed by atoms with Crippen LogP contribution in [0.2, 0.25) is 0 Å². The van der Waals surface area contributed by atoms with Crippen LogP contribution in [0.4, 0.5) is 5.69 Å². The molecule has 2 unspecified atom stereocenters. The molecule has 0 amide bonds. The van der Waals surface area contributed by atoms with E-state index in [0.717, 1.165) is 49.0 Å². The van der Waals surface area contributed by atoms with Gasteiger partial charge in [-0.2, -0.15) is 0 Å². The first kappa shape index (κ1) is 22.9. The quantitative estimate of drug-likeness (QED) is 0.304. The van der Waals surface area contributed by atoms with Crippen LogP contribution in [0.5, 0.6) is 5.75 Å². The lowest BCUT2D eigenvalue weighted by Crippen LogP contribution is -2.29. The van der Waals surface area contributed by atoms with Gasteiger partial charge in [0.15, 0.2) is 5.78 Å². The first-order valence-corrected chi connectivity index (χ1v) is 11.3. The van der Waals surface area contributed by atoms with Crippen molar-refractivity contribution < 1.29 is 13.9 Å². The lowest BCUT2D eigenvalue weighted by atomic mass is 9.97. The summed E-state index contributed by atoms with van der Waals surface area (Å²) in [6.07, 6.45) is 4.58. The number of carbonyl (C=O) groups is 1. The Morgan fingerprint density at radius 3 is 2.55 bits per heavy atom. The maximum Gasteiger partial charge on any atom is 0.197 e. The molecule has 1 heterocycles. The number of hydrogen-bond donors (Lipinski definition) is 2. The maximum atomic E-state index is 13.4. The smallest absolute Gasteiger partial charge is 0.197 e. The molecule has 31 heavy (non-hydrogen) atoms. The summed E-state index contributed by atoms with van der Waals surface area (Å²) in [5.41, 5.74) is 14.7. The molecule has 4 N–H and O–H groups in total. The van der Waals surface area contributed by atoms with Gasteiger partial charge in [0.1, 0.15) is 17.1 Å². The van der Waals surface area contributed by atoms with Gasteiger partial charge in [0.05, 0.1) is 12.2 Å². The minimum Gasteiger partial charge on any atom is -0.494 e. The number of ketones is 1. The van der Waals surface area contributed by atoms with E-state index in [1.807, 2.05) is 24.3 Å². The zero-order chi connectivity index (χ0) is 22.4. The number of unbranched alkanes of at least 4 members (excludes halogenated alkanes) is 1. The summed E-state index contributed by atoms with van der Waals surface area (Å²) in [4.78, 5) is 13.4. The molecule has 166 valence electrons. The predicted molar refractivity (Wildman–Crippen MR) is 127 cm³/mol. The number of ether oxygens (including phenoxy) is 1. The van der Waals surface area contributed by atoms with Gasteiger partial charge in [-0.05, 0) is 61.2 Å². The maximum absolute atomic E-state index is 13.4. The van der Waals surface area contributed by atoms with Crippen LogP contribution in [0.3, 0.4) is 0 Å². The fraction of sp³-hybridized carbons (Fsp3) is 0.423. The summed E-state index contributed by atoms with van der Waals surface area (Å²) >= 11 is 0. The van der Waals surface area contributed by atoms with Gasteiger partial charge in [-0.1, -0.05) is 33.6 Å². The molecular formula is C26H34N2O3. The number of furan rings is 1. The minimum absolute atomic E-state index is 0.0548. The second-order valence-electron chi connectivity index (χ2n) is 8.30. The Bertz CT molecular complexity index is 1010. The van der Waals surface area contributed by atoms with E-state index in [2.05, 4.69) is 20.8 Å². The Morgan fingerprint density at radius 2 is 1.87 bits per heavy atom. The lowest BCUT2D eigenvalue weighted by Gasteiger charge is -2.18. The van der Waals surface area contributed by atoms with E-state index in [4.69, 9.17) is 20.6 Å². The van der Waals surface area contributed by atoms with Gasteiger partial charge in [-0.25, -0.2) is 0 Å². The highest BCUT2D eigenvalue weighted by molar-refractivity contribution is 6.17. The van der Waals surface area contributed by atoms with Gasteiger partial charge in [0.25, 0.3) is 0 Å². The molecule has 0 fully saturated rings. The third-order valence-electron chi connectivity index (χ3n) is 5.98.